The standard InChI is InChI=1S/C10H11ClN2O2/c1-6-9(2-7(11)4-12-6)13-5-8(14)3-10(13)15/h2,4,8,14H,3,5H2,1H3. The molecule has 0 saturated carbocycles. The first-order valence-electron chi connectivity index (χ1n) is 4.68. The lowest BCUT2D eigenvalue weighted by Gasteiger charge is -2.17. The minimum atomic E-state index is -0.587. The van der Waals surface area contributed by atoms with E-state index in [1.165, 1.54) is 11.1 Å². The van der Waals surface area contributed by atoms with Crippen molar-refractivity contribution in [3.63, 3.8) is 0 Å². The number of pyridine rings is 1. The van der Waals surface area contributed by atoms with Gasteiger partial charge in [0.25, 0.3) is 0 Å². The van der Waals surface area contributed by atoms with Gasteiger partial charge in [-0.05, 0) is 13.0 Å². The van der Waals surface area contributed by atoms with Gasteiger partial charge in [-0.2, -0.15) is 0 Å². The van der Waals surface area contributed by atoms with Crippen molar-refractivity contribution in [3.8, 4) is 0 Å². The molecule has 1 unspecified atom stereocenters. The Morgan fingerprint density at radius 2 is 2.40 bits per heavy atom. The first-order valence-corrected chi connectivity index (χ1v) is 5.06. The van der Waals surface area contributed by atoms with Crippen LogP contribution in [0.5, 0.6) is 0 Å². The molecule has 2 rings (SSSR count). The van der Waals surface area contributed by atoms with Crippen LogP contribution in [0.1, 0.15) is 12.1 Å². The summed E-state index contributed by atoms with van der Waals surface area (Å²) >= 11 is 5.82. The highest BCUT2D eigenvalue weighted by Crippen LogP contribution is 2.26. The summed E-state index contributed by atoms with van der Waals surface area (Å²) in [6.07, 6.45) is 1.12. The third-order valence-electron chi connectivity index (χ3n) is 2.42. The number of hydrogen-bond acceptors (Lipinski definition) is 3. The number of hydrogen-bond donors (Lipinski definition) is 1. The first kappa shape index (κ1) is 10.4. The highest BCUT2D eigenvalue weighted by atomic mass is 35.5. The van der Waals surface area contributed by atoms with Crippen molar-refractivity contribution < 1.29 is 9.90 Å². The number of carbonyl (C=O) groups is 1. The average Bonchev–Trinajstić information content (AvgIpc) is 2.50. The second-order valence-corrected chi connectivity index (χ2v) is 4.06. The van der Waals surface area contributed by atoms with Crippen LogP contribution in [-0.2, 0) is 4.79 Å². The Kier molecular flexibility index (Phi) is 2.63. The zero-order valence-electron chi connectivity index (χ0n) is 8.27. The number of halogens is 1. The Balaban J connectivity index is 2.37. The molecule has 0 bridgehead atoms. The Bertz CT molecular complexity index is 408. The van der Waals surface area contributed by atoms with Crippen molar-refractivity contribution in [1.82, 2.24) is 4.98 Å². The van der Waals surface area contributed by atoms with Gasteiger partial charge in [0.1, 0.15) is 0 Å². The number of β-amino-alcohol motifs (C(OH)–C–C–N with tert-alkyl or cyclic N) is 1. The van der Waals surface area contributed by atoms with E-state index in [4.69, 9.17) is 11.6 Å². The molecule has 1 aromatic heterocycles. The number of aromatic nitrogens is 1. The molecular formula is C10H11ClN2O2. The van der Waals surface area contributed by atoms with Crippen molar-refractivity contribution in [1.29, 1.82) is 0 Å². The number of amides is 1. The second kappa shape index (κ2) is 3.79. The molecule has 1 aliphatic rings. The molecule has 0 radical (unpaired) electrons. The third-order valence-corrected chi connectivity index (χ3v) is 2.63. The summed E-state index contributed by atoms with van der Waals surface area (Å²) in [6.45, 7) is 2.13. The van der Waals surface area contributed by atoms with Gasteiger partial charge in [-0.25, -0.2) is 0 Å². The quantitative estimate of drug-likeness (QED) is 0.782. The maximum Gasteiger partial charge on any atom is 0.229 e. The lowest BCUT2D eigenvalue weighted by molar-refractivity contribution is -0.117. The van der Waals surface area contributed by atoms with Crippen LogP contribution in [0.15, 0.2) is 12.3 Å². The van der Waals surface area contributed by atoms with E-state index in [1.807, 2.05) is 6.92 Å². The molecule has 4 nitrogen and oxygen atoms in total. The predicted molar refractivity (Wildman–Crippen MR) is 57.0 cm³/mol. The van der Waals surface area contributed by atoms with Crippen molar-refractivity contribution in [2.24, 2.45) is 0 Å². The number of carbonyl (C=O) groups excluding carboxylic acids is 1. The molecule has 2 heterocycles. The van der Waals surface area contributed by atoms with E-state index in [0.29, 0.717) is 17.3 Å². The summed E-state index contributed by atoms with van der Waals surface area (Å²) in [4.78, 5) is 17.1. The zero-order valence-corrected chi connectivity index (χ0v) is 9.03. The van der Waals surface area contributed by atoms with Gasteiger partial charge in [-0.15, -0.1) is 0 Å². The molecule has 1 N–H and O–H groups in total. The molecule has 0 spiro atoms. The van der Waals surface area contributed by atoms with Crippen molar-refractivity contribution in [2.45, 2.75) is 19.4 Å². The Hall–Kier alpha value is -1.13. The maximum absolute atomic E-state index is 11.5. The van der Waals surface area contributed by atoms with E-state index in [2.05, 4.69) is 4.98 Å². The number of aliphatic hydroxyl groups excluding tert-OH is 1. The number of rotatable bonds is 1. The number of aliphatic hydroxyl groups is 1. The van der Waals surface area contributed by atoms with Gasteiger partial charge in [0, 0.05) is 6.20 Å². The Labute approximate surface area is 92.5 Å². The van der Waals surface area contributed by atoms with Gasteiger partial charge >= 0.3 is 0 Å². The topological polar surface area (TPSA) is 53.4 Å². The minimum absolute atomic E-state index is 0.0883. The molecule has 1 amide bonds. The number of anilines is 1. The fourth-order valence-electron chi connectivity index (χ4n) is 1.69. The lowest BCUT2D eigenvalue weighted by atomic mass is 10.3. The predicted octanol–water partition coefficient (Wildman–Crippen LogP) is 1.14. The van der Waals surface area contributed by atoms with Gasteiger partial charge in [0.15, 0.2) is 0 Å². The lowest BCUT2D eigenvalue weighted by Crippen LogP contribution is -2.26. The van der Waals surface area contributed by atoms with E-state index >= 15 is 0 Å². The largest absolute Gasteiger partial charge is 0.391 e. The normalized spacial score (nSPS) is 21.1. The highest BCUT2D eigenvalue weighted by Gasteiger charge is 2.30. The second-order valence-electron chi connectivity index (χ2n) is 3.62. The van der Waals surface area contributed by atoms with Crippen molar-refractivity contribution in [3.05, 3.63) is 23.0 Å². The Morgan fingerprint density at radius 3 is 3.00 bits per heavy atom. The van der Waals surface area contributed by atoms with Crippen LogP contribution in [0.4, 0.5) is 5.69 Å². The van der Waals surface area contributed by atoms with Crippen LogP contribution in [0.2, 0.25) is 5.02 Å². The van der Waals surface area contributed by atoms with Crippen LogP contribution < -0.4 is 4.90 Å². The molecule has 0 aromatic carbocycles. The summed E-state index contributed by atoms with van der Waals surface area (Å²) in [7, 11) is 0. The van der Waals surface area contributed by atoms with E-state index in [9.17, 15) is 9.90 Å². The fraction of sp³-hybridized carbons (Fsp3) is 0.400. The van der Waals surface area contributed by atoms with Crippen LogP contribution in [0.3, 0.4) is 0 Å². The molecule has 1 aromatic rings. The molecular weight excluding hydrogens is 216 g/mol. The van der Waals surface area contributed by atoms with Crippen molar-refractivity contribution in [2.75, 3.05) is 11.4 Å². The molecule has 1 fully saturated rings. The number of nitrogens with zero attached hydrogens (tertiary/aromatic N) is 2. The van der Waals surface area contributed by atoms with Gasteiger partial charge in [-0.3, -0.25) is 9.78 Å². The molecule has 0 aliphatic carbocycles. The highest BCUT2D eigenvalue weighted by molar-refractivity contribution is 6.30. The van der Waals surface area contributed by atoms with E-state index in [-0.39, 0.29) is 12.3 Å². The van der Waals surface area contributed by atoms with Gasteiger partial charge in [0.05, 0.1) is 35.5 Å². The third kappa shape index (κ3) is 1.96. The summed E-state index contributed by atoms with van der Waals surface area (Å²) in [5.41, 5.74) is 1.42. The van der Waals surface area contributed by atoms with E-state index in [1.54, 1.807) is 6.07 Å². The molecule has 1 aliphatic heterocycles. The molecule has 1 atom stereocenters. The minimum Gasteiger partial charge on any atom is -0.391 e. The van der Waals surface area contributed by atoms with Crippen LogP contribution in [0.25, 0.3) is 0 Å². The smallest absolute Gasteiger partial charge is 0.229 e. The summed E-state index contributed by atoms with van der Waals surface area (Å²) in [5, 5.41) is 9.87. The number of aryl methyl sites for hydroxylation is 1. The van der Waals surface area contributed by atoms with Gasteiger partial charge in [0.2, 0.25) is 5.91 Å². The monoisotopic (exact) mass is 226 g/mol. The molecule has 1 saturated heterocycles. The first-order chi connectivity index (χ1) is 7.08. The average molecular weight is 227 g/mol. The van der Waals surface area contributed by atoms with E-state index < -0.39 is 6.10 Å². The summed E-state index contributed by atoms with van der Waals surface area (Å²) in [6, 6.07) is 1.69. The van der Waals surface area contributed by atoms with Crippen LogP contribution >= 0.6 is 11.6 Å². The van der Waals surface area contributed by atoms with Gasteiger partial charge < -0.3 is 10.0 Å². The Morgan fingerprint density at radius 1 is 1.67 bits per heavy atom. The maximum atomic E-state index is 11.5. The van der Waals surface area contributed by atoms with Crippen LogP contribution in [0, 0.1) is 6.92 Å². The van der Waals surface area contributed by atoms with Gasteiger partial charge in [-0.1, -0.05) is 11.6 Å². The molecule has 5 heteroatoms. The van der Waals surface area contributed by atoms with E-state index in [0.717, 1.165) is 5.69 Å². The van der Waals surface area contributed by atoms with Crippen LogP contribution in [-0.4, -0.2) is 28.6 Å². The SMILES string of the molecule is Cc1ncc(Cl)cc1N1CC(O)CC1=O. The van der Waals surface area contributed by atoms with Crippen molar-refractivity contribution >= 4 is 23.2 Å². The molecule has 80 valence electrons. The summed E-state index contributed by atoms with van der Waals surface area (Å²) in [5.74, 6) is -0.0883. The zero-order chi connectivity index (χ0) is 11.0. The molecule has 15 heavy (non-hydrogen) atoms. The summed E-state index contributed by atoms with van der Waals surface area (Å²) < 4.78 is 0. The fourth-order valence-corrected chi connectivity index (χ4v) is 1.84.